The molecule has 3 aromatic heterocycles. The molecule has 0 unspecified atom stereocenters. The van der Waals surface area contributed by atoms with E-state index in [9.17, 15) is 9.59 Å². The number of hydrogen-bond donors (Lipinski definition) is 1. The van der Waals surface area contributed by atoms with Gasteiger partial charge in [-0.3, -0.25) is 13.9 Å². The molecule has 27 heavy (non-hydrogen) atoms. The average molecular weight is 392 g/mol. The van der Waals surface area contributed by atoms with E-state index in [1.807, 2.05) is 20.8 Å². The first-order valence-electron chi connectivity index (χ1n) is 8.57. The van der Waals surface area contributed by atoms with Gasteiger partial charge >= 0.3 is 5.69 Å². The average Bonchev–Trinajstić information content (AvgIpc) is 3.15. The van der Waals surface area contributed by atoms with Gasteiger partial charge in [-0.25, -0.2) is 14.5 Å². The van der Waals surface area contributed by atoms with Crippen molar-refractivity contribution in [3.05, 3.63) is 33.0 Å². The second kappa shape index (κ2) is 6.87. The Morgan fingerprint density at radius 1 is 1.19 bits per heavy atom. The minimum Gasteiger partial charge on any atom is -0.336 e. The van der Waals surface area contributed by atoms with Gasteiger partial charge in [0.2, 0.25) is 5.16 Å². The third-order valence-corrected chi connectivity index (χ3v) is 5.32. The van der Waals surface area contributed by atoms with Crippen molar-refractivity contribution in [2.75, 3.05) is 11.6 Å². The number of nitrogen functional groups attached to an aromatic ring is 1. The third-order valence-electron chi connectivity index (χ3n) is 4.29. The fourth-order valence-corrected chi connectivity index (χ4v) is 3.65. The standard InChI is InChI=1S/C16H24N8O2S/c1-16(2,3)13-19-20-14(24(13)17)27-8-6-7-23-12(25)10-11(18-9-21(10)4)22(5)15(23)26/h9H,6-8,17H2,1-5H3. The van der Waals surface area contributed by atoms with Crippen molar-refractivity contribution in [1.29, 1.82) is 0 Å². The number of hydrogen-bond acceptors (Lipinski definition) is 7. The molecule has 3 aromatic rings. The van der Waals surface area contributed by atoms with E-state index in [-0.39, 0.29) is 16.7 Å². The molecule has 0 spiro atoms. The van der Waals surface area contributed by atoms with E-state index >= 15 is 0 Å². The summed E-state index contributed by atoms with van der Waals surface area (Å²) in [6.45, 7) is 6.37. The van der Waals surface area contributed by atoms with Crippen LogP contribution >= 0.6 is 11.8 Å². The first kappa shape index (κ1) is 19.2. The summed E-state index contributed by atoms with van der Waals surface area (Å²) in [6, 6.07) is 0. The van der Waals surface area contributed by atoms with Gasteiger partial charge in [0, 0.05) is 31.8 Å². The molecule has 0 saturated carbocycles. The number of rotatable bonds is 5. The fourth-order valence-electron chi connectivity index (χ4n) is 2.87. The van der Waals surface area contributed by atoms with Gasteiger partial charge in [-0.1, -0.05) is 32.5 Å². The van der Waals surface area contributed by atoms with E-state index in [1.54, 1.807) is 18.7 Å². The molecule has 0 aromatic carbocycles. The van der Waals surface area contributed by atoms with Crippen LogP contribution in [0.3, 0.4) is 0 Å². The lowest BCUT2D eigenvalue weighted by Gasteiger charge is -2.16. The number of fused-ring (bicyclic) bond motifs is 1. The number of thioether (sulfide) groups is 1. The summed E-state index contributed by atoms with van der Waals surface area (Å²) in [4.78, 5) is 29.2. The molecule has 0 aliphatic carbocycles. The minimum absolute atomic E-state index is 0.196. The largest absolute Gasteiger partial charge is 0.336 e. The Morgan fingerprint density at radius 3 is 2.52 bits per heavy atom. The SMILES string of the molecule is Cn1cnc2c1c(=O)n(CCCSc1nnc(C(C)(C)C)n1N)c(=O)n2C. The molecule has 0 saturated heterocycles. The monoisotopic (exact) mass is 392 g/mol. The number of aryl methyl sites for hydroxylation is 2. The smallest absolute Gasteiger partial charge is 0.332 e. The summed E-state index contributed by atoms with van der Waals surface area (Å²) >= 11 is 1.45. The summed E-state index contributed by atoms with van der Waals surface area (Å²) in [6.07, 6.45) is 2.15. The van der Waals surface area contributed by atoms with E-state index in [2.05, 4.69) is 15.2 Å². The molecule has 0 atom stereocenters. The summed E-state index contributed by atoms with van der Waals surface area (Å²) in [5.41, 5.74) is -0.0767. The zero-order valence-electron chi connectivity index (χ0n) is 16.1. The van der Waals surface area contributed by atoms with Gasteiger partial charge < -0.3 is 10.4 Å². The van der Waals surface area contributed by atoms with Gasteiger partial charge in [-0.2, -0.15) is 0 Å². The Bertz CT molecular complexity index is 1100. The molecule has 0 aliphatic rings. The van der Waals surface area contributed by atoms with Crippen molar-refractivity contribution in [2.45, 2.75) is 44.3 Å². The van der Waals surface area contributed by atoms with Gasteiger partial charge in [0.05, 0.1) is 6.33 Å². The second-order valence-corrected chi connectivity index (χ2v) is 8.52. The van der Waals surface area contributed by atoms with Crippen LogP contribution in [0.5, 0.6) is 0 Å². The molecular weight excluding hydrogens is 368 g/mol. The molecule has 146 valence electrons. The molecular formula is C16H24N8O2S. The first-order chi connectivity index (χ1) is 12.6. The summed E-state index contributed by atoms with van der Waals surface area (Å²) < 4.78 is 5.78. The maximum absolute atomic E-state index is 12.7. The van der Waals surface area contributed by atoms with Crippen LogP contribution in [0.4, 0.5) is 0 Å². The van der Waals surface area contributed by atoms with Crippen LogP contribution in [0, 0.1) is 0 Å². The van der Waals surface area contributed by atoms with E-state index in [0.717, 1.165) is 0 Å². The maximum atomic E-state index is 12.7. The van der Waals surface area contributed by atoms with Gasteiger partial charge in [-0.05, 0) is 6.42 Å². The fraction of sp³-hybridized carbons (Fsp3) is 0.562. The van der Waals surface area contributed by atoms with Crippen LogP contribution in [0.15, 0.2) is 21.1 Å². The zero-order chi connectivity index (χ0) is 19.9. The molecule has 0 amide bonds. The predicted octanol–water partition coefficient (Wildman–Crippen LogP) is 0.219. The van der Waals surface area contributed by atoms with Crippen LogP contribution < -0.4 is 17.1 Å². The molecule has 2 N–H and O–H groups in total. The Kier molecular flexibility index (Phi) is 4.89. The number of nitrogens with zero attached hydrogens (tertiary/aromatic N) is 7. The molecule has 10 nitrogen and oxygen atoms in total. The number of imidazole rings is 1. The molecule has 0 fully saturated rings. The lowest BCUT2D eigenvalue weighted by molar-refractivity contribution is 0.523. The summed E-state index contributed by atoms with van der Waals surface area (Å²) in [7, 11) is 3.36. The van der Waals surface area contributed by atoms with Crippen molar-refractivity contribution >= 4 is 22.9 Å². The Balaban J connectivity index is 1.74. The molecule has 3 rings (SSSR count). The van der Waals surface area contributed by atoms with Crippen LogP contribution in [-0.2, 0) is 26.1 Å². The zero-order valence-corrected chi connectivity index (χ0v) is 16.9. The van der Waals surface area contributed by atoms with Crippen LogP contribution in [0.1, 0.15) is 33.0 Å². The normalized spacial score (nSPS) is 12.2. The molecule has 0 radical (unpaired) electrons. The van der Waals surface area contributed by atoms with Crippen molar-refractivity contribution in [1.82, 2.24) is 33.6 Å². The van der Waals surface area contributed by atoms with E-state index < -0.39 is 0 Å². The van der Waals surface area contributed by atoms with Gasteiger partial charge in [0.15, 0.2) is 17.0 Å². The minimum atomic E-state index is -0.367. The highest BCUT2D eigenvalue weighted by Crippen LogP contribution is 2.23. The molecule has 0 aliphatic heterocycles. The Labute approximate surface area is 160 Å². The van der Waals surface area contributed by atoms with Crippen LogP contribution in [0.2, 0.25) is 0 Å². The Morgan fingerprint density at radius 2 is 1.89 bits per heavy atom. The van der Waals surface area contributed by atoms with Crippen LogP contribution in [0.25, 0.3) is 11.2 Å². The van der Waals surface area contributed by atoms with Crippen molar-refractivity contribution < 1.29 is 0 Å². The highest BCUT2D eigenvalue weighted by molar-refractivity contribution is 7.99. The number of nitrogens with two attached hydrogens (primary N) is 1. The van der Waals surface area contributed by atoms with Crippen LogP contribution in [-0.4, -0.2) is 39.3 Å². The lowest BCUT2D eigenvalue weighted by Crippen LogP contribution is -2.39. The topological polar surface area (TPSA) is 119 Å². The quantitative estimate of drug-likeness (QED) is 0.375. The van der Waals surface area contributed by atoms with Gasteiger partial charge in [0.25, 0.3) is 5.56 Å². The molecule has 11 heteroatoms. The van der Waals surface area contributed by atoms with E-state index in [4.69, 9.17) is 5.84 Å². The predicted molar refractivity (Wildman–Crippen MR) is 104 cm³/mol. The van der Waals surface area contributed by atoms with Crippen molar-refractivity contribution in [3.8, 4) is 0 Å². The van der Waals surface area contributed by atoms with Gasteiger partial charge in [-0.15, -0.1) is 10.2 Å². The van der Waals surface area contributed by atoms with Crippen molar-refractivity contribution in [3.63, 3.8) is 0 Å². The first-order valence-corrected chi connectivity index (χ1v) is 9.56. The number of aromatic nitrogens is 7. The third kappa shape index (κ3) is 3.38. The summed E-state index contributed by atoms with van der Waals surface area (Å²) in [5.74, 6) is 7.43. The molecule has 3 heterocycles. The highest BCUT2D eigenvalue weighted by Gasteiger charge is 2.23. The van der Waals surface area contributed by atoms with E-state index in [0.29, 0.717) is 40.9 Å². The molecule has 0 bridgehead atoms. The lowest BCUT2D eigenvalue weighted by atomic mass is 9.96. The second-order valence-electron chi connectivity index (χ2n) is 7.45. The highest BCUT2D eigenvalue weighted by atomic mass is 32.2. The van der Waals surface area contributed by atoms with Crippen molar-refractivity contribution in [2.24, 2.45) is 14.1 Å². The van der Waals surface area contributed by atoms with Gasteiger partial charge in [0.1, 0.15) is 0 Å². The summed E-state index contributed by atoms with van der Waals surface area (Å²) in [5, 5.41) is 8.89. The maximum Gasteiger partial charge on any atom is 0.332 e. The van der Waals surface area contributed by atoms with E-state index in [1.165, 1.54) is 31.9 Å². The Hall–Kier alpha value is -2.56.